The lowest BCUT2D eigenvalue weighted by atomic mass is 10.1. The monoisotopic (exact) mass is 293 g/mol. The van der Waals surface area contributed by atoms with Crippen LogP contribution in [0.5, 0.6) is 0 Å². The number of nitrogens with zero attached hydrogens (tertiary/aromatic N) is 1. The Morgan fingerprint density at radius 3 is 2.79 bits per heavy atom. The number of thiocarbonyl (C=S) groups is 1. The van der Waals surface area contributed by atoms with Gasteiger partial charge in [-0.2, -0.15) is 0 Å². The Kier molecular flexibility index (Phi) is 3.86. The van der Waals surface area contributed by atoms with E-state index < -0.39 is 0 Å². The molecule has 0 radical (unpaired) electrons. The zero-order valence-corrected chi connectivity index (χ0v) is 12.1. The van der Waals surface area contributed by atoms with Crippen LogP contribution in [0.15, 0.2) is 24.3 Å². The van der Waals surface area contributed by atoms with E-state index in [-0.39, 0.29) is 11.0 Å². The lowest BCUT2D eigenvalue weighted by Crippen LogP contribution is -2.39. The summed E-state index contributed by atoms with van der Waals surface area (Å²) in [7, 11) is 0. The Labute approximate surface area is 122 Å². The highest BCUT2D eigenvalue weighted by Crippen LogP contribution is 2.31. The van der Waals surface area contributed by atoms with E-state index in [0.717, 1.165) is 48.2 Å². The number of hydrogen-bond donors (Lipinski definition) is 0. The van der Waals surface area contributed by atoms with Gasteiger partial charge in [-0.25, -0.2) is 0 Å². The molecule has 1 aromatic rings. The van der Waals surface area contributed by atoms with Crippen LogP contribution >= 0.6 is 24.0 Å². The molecule has 0 bridgehead atoms. The van der Waals surface area contributed by atoms with Crippen molar-refractivity contribution < 1.29 is 9.53 Å². The first-order valence-corrected chi connectivity index (χ1v) is 7.70. The van der Waals surface area contributed by atoms with Crippen LogP contribution < -0.4 is 0 Å². The summed E-state index contributed by atoms with van der Waals surface area (Å²) in [5, 5.41) is -0.0484. The van der Waals surface area contributed by atoms with Gasteiger partial charge >= 0.3 is 0 Å². The summed E-state index contributed by atoms with van der Waals surface area (Å²) >= 11 is 6.99. The van der Waals surface area contributed by atoms with Gasteiger partial charge in [-0.3, -0.25) is 4.79 Å². The SMILES string of the molecule is O=C1c2ccccc2CC1SC(=S)N1CCOCC1. The Hall–Kier alpha value is -0.910. The minimum atomic E-state index is -0.0484. The number of Topliss-reactive ketones (excluding diaryl/α,β-unsaturated/α-hetero) is 1. The van der Waals surface area contributed by atoms with Crippen molar-refractivity contribution in [3.8, 4) is 0 Å². The maximum absolute atomic E-state index is 12.3. The first-order chi connectivity index (χ1) is 9.25. The average molecular weight is 293 g/mol. The fourth-order valence-corrected chi connectivity index (χ4v) is 4.04. The Balaban J connectivity index is 1.66. The molecular formula is C14H15NO2S2. The van der Waals surface area contributed by atoms with Crippen LogP contribution in [0.3, 0.4) is 0 Å². The van der Waals surface area contributed by atoms with Gasteiger partial charge in [0, 0.05) is 18.7 Å². The highest BCUT2D eigenvalue weighted by molar-refractivity contribution is 8.23. The number of morpholine rings is 1. The van der Waals surface area contributed by atoms with E-state index in [9.17, 15) is 4.79 Å². The number of ether oxygens (including phenoxy) is 1. The lowest BCUT2D eigenvalue weighted by molar-refractivity contribution is 0.0702. The molecule has 1 fully saturated rings. The summed E-state index contributed by atoms with van der Waals surface area (Å²) in [5.41, 5.74) is 2.01. The predicted octanol–water partition coefficient (Wildman–Crippen LogP) is 2.14. The fraction of sp³-hybridized carbons (Fsp3) is 0.429. The molecule has 0 spiro atoms. The summed E-state index contributed by atoms with van der Waals surface area (Å²) in [6.45, 7) is 3.11. The largest absolute Gasteiger partial charge is 0.378 e. The molecule has 1 aromatic carbocycles. The van der Waals surface area contributed by atoms with E-state index in [2.05, 4.69) is 4.90 Å². The highest BCUT2D eigenvalue weighted by atomic mass is 32.2. The number of fused-ring (bicyclic) bond motifs is 1. The van der Waals surface area contributed by atoms with Crippen LogP contribution in [0.25, 0.3) is 0 Å². The maximum Gasteiger partial charge on any atom is 0.176 e. The van der Waals surface area contributed by atoms with Crippen molar-refractivity contribution in [2.45, 2.75) is 11.7 Å². The highest BCUT2D eigenvalue weighted by Gasteiger charge is 2.32. The fourth-order valence-electron chi connectivity index (χ4n) is 2.44. The number of benzene rings is 1. The Bertz CT molecular complexity index is 512. The molecule has 2 aliphatic rings. The van der Waals surface area contributed by atoms with Crippen molar-refractivity contribution >= 4 is 34.1 Å². The van der Waals surface area contributed by atoms with Crippen LogP contribution in [0, 0.1) is 0 Å². The molecule has 100 valence electrons. The number of ketones is 1. The average Bonchev–Trinajstić information content (AvgIpc) is 2.77. The molecule has 0 amide bonds. The minimum absolute atomic E-state index is 0.0484. The molecule has 19 heavy (non-hydrogen) atoms. The van der Waals surface area contributed by atoms with Gasteiger partial charge in [0.25, 0.3) is 0 Å². The van der Waals surface area contributed by atoms with E-state index in [1.807, 2.05) is 24.3 Å². The zero-order chi connectivity index (χ0) is 13.2. The van der Waals surface area contributed by atoms with Gasteiger partial charge < -0.3 is 9.64 Å². The lowest BCUT2D eigenvalue weighted by Gasteiger charge is -2.29. The third-order valence-corrected chi connectivity index (χ3v) is 5.16. The molecule has 3 nitrogen and oxygen atoms in total. The maximum atomic E-state index is 12.3. The summed E-state index contributed by atoms with van der Waals surface area (Å²) in [4.78, 5) is 14.4. The van der Waals surface area contributed by atoms with Gasteiger partial charge in [-0.1, -0.05) is 48.2 Å². The van der Waals surface area contributed by atoms with Crippen LogP contribution in [-0.2, 0) is 11.2 Å². The molecule has 0 aromatic heterocycles. The predicted molar refractivity (Wildman–Crippen MR) is 80.8 cm³/mol. The molecule has 0 N–H and O–H groups in total. The molecule has 1 atom stereocenters. The van der Waals surface area contributed by atoms with E-state index >= 15 is 0 Å². The number of carbonyl (C=O) groups excluding carboxylic acids is 1. The number of thioether (sulfide) groups is 1. The second kappa shape index (κ2) is 5.61. The van der Waals surface area contributed by atoms with Gasteiger partial charge in [0.15, 0.2) is 5.78 Å². The molecule has 1 saturated heterocycles. The van der Waals surface area contributed by atoms with Gasteiger partial charge in [-0.05, 0) is 12.0 Å². The second-order valence-electron chi connectivity index (χ2n) is 4.70. The van der Waals surface area contributed by atoms with Crippen LogP contribution in [-0.4, -0.2) is 46.6 Å². The third kappa shape index (κ3) is 2.68. The molecule has 0 saturated carbocycles. The zero-order valence-electron chi connectivity index (χ0n) is 10.5. The van der Waals surface area contributed by atoms with Crippen molar-refractivity contribution in [3.05, 3.63) is 35.4 Å². The minimum Gasteiger partial charge on any atom is -0.378 e. The normalized spacial score (nSPS) is 22.4. The van der Waals surface area contributed by atoms with E-state index in [1.54, 1.807) is 0 Å². The van der Waals surface area contributed by atoms with Gasteiger partial charge in [-0.15, -0.1) is 0 Å². The Morgan fingerprint density at radius 2 is 2.05 bits per heavy atom. The van der Waals surface area contributed by atoms with Crippen LogP contribution in [0.2, 0.25) is 0 Å². The molecule has 1 heterocycles. The van der Waals surface area contributed by atoms with Crippen molar-refractivity contribution in [1.29, 1.82) is 0 Å². The first kappa shape index (κ1) is 13.1. The molecule has 1 aliphatic carbocycles. The standard InChI is InChI=1S/C14H15NO2S2/c16-13-11-4-2-1-3-10(11)9-12(13)19-14(18)15-5-7-17-8-6-15/h1-4,12H,5-9H2. The quantitative estimate of drug-likeness (QED) is 0.740. The number of rotatable bonds is 1. The van der Waals surface area contributed by atoms with Crippen LogP contribution in [0.1, 0.15) is 15.9 Å². The summed E-state index contributed by atoms with van der Waals surface area (Å²) in [6, 6.07) is 7.85. The summed E-state index contributed by atoms with van der Waals surface area (Å²) < 4.78 is 6.14. The van der Waals surface area contributed by atoms with Gasteiger partial charge in [0.2, 0.25) is 0 Å². The first-order valence-electron chi connectivity index (χ1n) is 6.41. The molecule has 1 unspecified atom stereocenters. The van der Waals surface area contributed by atoms with Gasteiger partial charge in [0.05, 0.1) is 18.5 Å². The molecule has 5 heteroatoms. The number of hydrogen-bond acceptors (Lipinski definition) is 4. The summed E-state index contributed by atoms with van der Waals surface area (Å²) in [5.74, 6) is 0.219. The van der Waals surface area contributed by atoms with E-state index in [4.69, 9.17) is 17.0 Å². The topological polar surface area (TPSA) is 29.5 Å². The second-order valence-corrected chi connectivity index (χ2v) is 6.53. The molecule has 1 aliphatic heterocycles. The van der Waals surface area contributed by atoms with E-state index in [0.29, 0.717) is 0 Å². The molecular weight excluding hydrogens is 278 g/mol. The van der Waals surface area contributed by atoms with Crippen molar-refractivity contribution in [3.63, 3.8) is 0 Å². The van der Waals surface area contributed by atoms with Crippen LogP contribution in [0.4, 0.5) is 0 Å². The van der Waals surface area contributed by atoms with Gasteiger partial charge in [0.1, 0.15) is 4.32 Å². The van der Waals surface area contributed by atoms with Crippen molar-refractivity contribution in [2.24, 2.45) is 0 Å². The van der Waals surface area contributed by atoms with Crippen molar-refractivity contribution in [2.75, 3.05) is 26.3 Å². The Morgan fingerprint density at radius 1 is 1.32 bits per heavy atom. The summed E-state index contributed by atoms with van der Waals surface area (Å²) in [6.07, 6.45) is 0.796. The smallest absolute Gasteiger partial charge is 0.176 e. The molecule has 3 rings (SSSR count). The van der Waals surface area contributed by atoms with E-state index in [1.165, 1.54) is 11.8 Å². The third-order valence-electron chi connectivity index (χ3n) is 3.49. The number of carbonyl (C=O) groups is 1. The van der Waals surface area contributed by atoms with Crippen molar-refractivity contribution in [1.82, 2.24) is 4.90 Å².